The molecule has 0 radical (unpaired) electrons. The van der Waals surface area contributed by atoms with Crippen LogP contribution in [0.2, 0.25) is 0 Å². The van der Waals surface area contributed by atoms with E-state index in [1.54, 1.807) is 24.3 Å². The fourth-order valence-corrected chi connectivity index (χ4v) is 5.88. The van der Waals surface area contributed by atoms with E-state index in [-0.39, 0.29) is 8.58 Å². The van der Waals surface area contributed by atoms with Crippen LogP contribution in [0.5, 0.6) is 0 Å². The molecule has 0 saturated heterocycles. The standard InChI is InChI=1S/C30H18F5N2P/c31-25-20(26(32)28(34)29(35)27(25)33)16-37-22-13-7-6-12-21(22)36-30(37)24-19-11-5-4-8-17(19)14-15-23(24)38-18-9-2-1-3-10-18/h1-15,38H,16H2. The highest BCUT2D eigenvalue weighted by molar-refractivity contribution is 7.55. The number of hydrogen-bond acceptors (Lipinski definition) is 1. The number of benzene rings is 5. The van der Waals surface area contributed by atoms with Crippen LogP contribution in [0.4, 0.5) is 22.0 Å². The maximum Gasteiger partial charge on any atom is 0.200 e. The van der Waals surface area contributed by atoms with E-state index >= 15 is 0 Å². The Kier molecular flexibility index (Phi) is 6.16. The lowest BCUT2D eigenvalue weighted by Crippen LogP contribution is -2.14. The Bertz CT molecular complexity index is 1800. The number of halogens is 5. The number of hydrogen-bond donors (Lipinski definition) is 0. The predicted molar refractivity (Wildman–Crippen MR) is 142 cm³/mol. The van der Waals surface area contributed by atoms with Gasteiger partial charge in [0.1, 0.15) is 5.82 Å². The summed E-state index contributed by atoms with van der Waals surface area (Å²) in [5.41, 5.74) is 0.866. The summed E-state index contributed by atoms with van der Waals surface area (Å²) in [6.45, 7) is -0.598. The number of nitrogens with zero attached hydrogens (tertiary/aromatic N) is 2. The van der Waals surface area contributed by atoms with Crippen LogP contribution in [0.1, 0.15) is 5.56 Å². The largest absolute Gasteiger partial charge is 0.319 e. The number of aromatic nitrogens is 2. The van der Waals surface area contributed by atoms with Crippen LogP contribution in [-0.4, -0.2) is 9.55 Å². The van der Waals surface area contributed by atoms with Gasteiger partial charge in [-0.3, -0.25) is 0 Å². The van der Waals surface area contributed by atoms with Gasteiger partial charge >= 0.3 is 0 Å². The number of para-hydroxylation sites is 2. The molecule has 0 spiro atoms. The summed E-state index contributed by atoms with van der Waals surface area (Å²) in [6, 6.07) is 28.5. The van der Waals surface area contributed by atoms with Gasteiger partial charge in [0.25, 0.3) is 0 Å². The molecule has 1 aromatic heterocycles. The van der Waals surface area contributed by atoms with Gasteiger partial charge < -0.3 is 4.57 Å². The van der Waals surface area contributed by atoms with Crippen molar-refractivity contribution >= 4 is 41.0 Å². The van der Waals surface area contributed by atoms with E-state index in [0.29, 0.717) is 16.9 Å². The Morgan fingerprint density at radius 2 is 1.26 bits per heavy atom. The second-order valence-corrected chi connectivity index (χ2v) is 10.1. The molecular formula is C30H18F5N2P. The molecule has 0 saturated carbocycles. The highest BCUT2D eigenvalue weighted by atomic mass is 31.1. The average molecular weight is 532 g/mol. The van der Waals surface area contributed by atoms with Gasteiger partial charge in [0.05, 0.1) is 17.6 Å². The zero-order valence-corrected chi connectivity index (χ0v) is 20.7. The van der Waals surface area contributed by atoms with Crippen LogP contribution in [0, 0.1) is 29.1 Å². The molecule has 0 N–H and O–H groups in total. The van der Waals surface area contributed by atoms with Crippen molar-refractivity contribution in [3.05, 3.63) is 126 Å². The minimum atomic E-state index is -2.18. The molecular weight excluding hydrogens is 514 g/mol. The van der Waals surface area contributed by atoms with Crippen molar-refractivity contribution in [2.75, 3.05) is 0 Å². The second-order valence-electron chi connectivity index (χ2n) is 8.76. The Hall–Kier alpha value is -4.09. The van der Waals surface area contributed by atoms with Crippen LogP contribution in [0.25, 0.3) is 33.2 Å². The molecule has 8 heteroatoms. The first-order valence-electron chi connectivity index (χ1n) is 11.7. The van der Waals surface area contributed by atoms with E-state index in [0.717, 1.165) is 26.9 Å². The number of imidazole rings is 1. The summed E-state index contributed by atoms with van der Waals surface area (Å²) in [5.74, 6) is -9.45. The van der Waals surface area contributed by atoms with Gasteiger partial charge in [-0.05, 0) is 33.5 Å². The summed E-state index contributed by atoms with van der Waals surface area (Å²) in [5, 5.41) is 3.80. The molecule has 0 fully saturated rings. The van der Waals surface area contributed by atoms with E-state index in [4.69, 9.17) is 4.98 Å². The van der Waals surface area contributed by atoms with E-state index in [2.05, 4.69) is 0 Å². The third kappa shape index (κ3) is 4.04. The lowest BCUT2D eigenvalue weighted by Gasteiger charge is -2.17. The van der Waals surface area contributed by atoms with Gasteiger partial charge in [0.2, 0.25) is 5.82 Å². The van der Waals surface area contributed by atoms with Crippen LogP contribution < -0.4 is 10.6 Å². The Labute approximate surface area is 216 Å². The van der Waals surface area contributed by atoms with Crippen LogP contribution in [-0.2, 0) is 6.54 Å². The van der Waals surface area contributed by atoms with E-state index < -0.39 is 41.2 Å². The first kappa shape index (κ1) is 24.3. The van der Waals surface area contributed by atoms with E-state index in [1.807, 2.05) is 66.7 Å². The minimum Gasteiger partial charge on any atom is -0.319 e. The lowest BCUT2D eigenvalue weighted by molar-refractivity contribution is 0.368. The van der Waals surface area contributed by atoms with Crippen molar-refractivity contribution in [1.82, 2.24) is 9.55 Å². The maximum absolute atomic E-state index is 14.8. The van der Waals surface area contributed by atoms with E-state index in [1.165, 1.54) is 4.57 Å². The minimum absolute atomic E-state index is 0.234. The van der Waals surface area contributed by atoms with Gasteiger partial charge in [0.15, 0.2) is 23.3 Å². The van der Waals surface area contributed by atoms with Crippen molar-refractivity contribution in [3.63, 3.8) is 0 Å². The molecule has 1 atom stereocenters. The van der Waals surface area contributed by atoms with Crippen LogP contribution in [0.15, 0.2) is 91.0 Å². The van der Waals surface area contributed by atoms with Gasteiger partial charge in [-0.1, -0.05) is 87.4 Å². The third-order valence-corrected chi connectivity index (χ3v) is 7.78. The first-order chi connectivity index (χ1) is 18.4. The van der Waals surface area contributed by atoms with Crippen molar-refractivity contribution in [2.45, 2.75) is 6.54 Å². The van der Waals surface area contributed by atoms with Crippen molar-refractivity contribution in [3.8, 4) is 11.4 Å². The first-order valence-corrected chi connectivity index (χ1v) is 12.7. The summed E-state index contributed by atoms with van der Waals surface area (Å²) in [6.07, 6.45) is 0. The van der Waals surface area contributed by atoms with Crippen molar-refractivity contribution < 1.29 is 22.0 Å². The predicted octanol–water partition coefficient (Wildman–Crippen LogP) is 7.23. The molecule has 0 aliphatic carbocycles. The molecule has 1 heterocycles. The molecule has 38 heavy (non-hydrogen) atoms. The normalized spacial score (nSPS) is 11.8. The summed E-state index contributed by atoms with van der Waals surface area (Å²) in [7, 11) is 0.234. The molecule has 6 rings (SSSR count). The lowest BCUT2D eigenvalue weighted by atomic mass is 10.0. The smallest absolute Gasteiger partial charge is 0.200 e. The molecule has 6 aromatic rings. The Balaban J connectivity index is 1.64. The fraction of sp³-hybridized carbons (Fsp3) is 0.0333. The van der Waals surface area contributed by atoms with Gasteiger partial charge in [0, 0.05) is 11.1 Å². The zero-order valence-electron chi connectivity index (χ0n) is 19.7. The number of rotatable bonds is 5. The topological polar surface area (TPSA) is 17.8 Å². The van der Waals surface area contributed by atoms with E-state index in [9.17, 15) is 22.0 Å². The molecule has 0 aliphatic rings. The van der Waals surface area contributed by atoms with Crippen molar-refractivity contribution in [1.29, 1.82) is 0 Å². The molecule has 188 valence electrons. The molecule has 0 amide bonds. The van der Waals surface area contributed by atoms with Crippen molar-refractivity contribution in [2.24, 2.45) is 0 Å². The Morgan fingerprint density at radius 1 is 0.632 bits per heavy atom. The summed E-state index contributed by atoms with van der Waals surface area (Å²) < 4.78 is 73.1. The number of fused-ring (bicyclic) bond motifs is 2. The van der Waals surface area contributed by atoms with Crippen LogP contribution >= 0.6 is 8.58 Å². The van der Waals surface area contributed by atoms with Crippen LogP contribution in [0.3, 0.4) is 0 Å². The second kappa shape index (κ2) is 9.66. The molecule has 1 unspecified atom stereocenters. The van der Waals surface area contributed by atoms with Gasteiger partial charge in [-0.25, -0.2) is 26.9 Å². The molecule has 0 bridgehead atoms. The van der Waals surface area contributed by atoms with Gasteiger partial charge in [-0.2, -0.15) is 0 Å². The molecule has 5 aromatic carbocycles. The maximum atomic E-state index is 14.8. The SMILES string of the molecule is Fc1c(F)c(F)c(Cn2c(-c3c(Pc4ccccc4)ccc4ccccc34)nc3ccccc32)c(F)c1F. The molecule has 0 aliphatic heterocycles. The summed E-state index contributed by atoms with van der Waals surface area (Å²) in [4.78, 5) is 4.81. The molecule has 2 nitrogen and oxygen atoms in total. The monoisotopic (exact) mass is 532 g/mol. The quantitative estimate of drug-likeness (QED) is 0.0992. The summed E-state index contributed by atoms with van der Waals surface area (Å²) >= 11 is 0. The average Bonchev–Trinajstić information content (AvgIpc) is 3.31. The fourth-order valence-electron chi connectivity index (χ4n) is 4.67. The Morgan fingerprint density at radius 3 is 2.03 bits per heavy atom. The highest BCUT2D eigenvalue weighted by Crippen LogP contribution is 2.34. The van der Waals surface area contributed by atoms with Gasteiger partial charge in [-0.15, -0.1) is 0 Å². The highest BCUT2D eigenvalue weighted by Gasteiger charge is 2.27. The zero-order chi connectivity index (χ0) is 26.4. The third-order valence-electron chi connectivity index (χ3n) is 6.48.